The molecular formula is C26H21FN2O4. The normalized spacial score (nSPS) is 21.9. The van der Waals surface area contributed by atoms with Crippen LogP contribution in [0.2, 0.25) is 0 Å². The van der Waals surface area contributed by atoms with Gasteiger partial charge in [-0.05, 0) is 61.4 Å². The molecule has 0 spiro atoms. The van der Waals surface area contributed by atoms with Crippen LogP contribution in [0.4, 0.5) is 10.2 Å². The van der Waals surface area contributed by atoms with Crippen molar-refractivity contribution in [1.29, 1.82) is 0 Å². The summed E-state index contributed by atoms with van der Waals surface area (Å²) in [6.45, 7) is 1.66. The Bertz CT molecular complexity index is 1320. The maximum atomic E-state index is 13.5. The second-order valence-electron chi connectivity index (χ2n) is 8.85. The number of carbonyl (C=O) groups excluding carboxylic acids is 2. The van der Waals surface area contributed by atoms with Gasteiger partial charge in [-0.3, -0.25) is 9.59 Å². The molecule has 3 atom stereocenters. The summed E-state index contributed by atoms with van der Waals surface area (Å²) in [7, 11) is 0. The van der Waals surface area contributed by atoms with E-state index in [1.807, 2.05) is 18.2 Å². The average molecular weight is 444 g/mol. The van der Waals surface area contributed by atoms with E-state index in [0.29, 0.717) is 47.7 Å². The van der Waals surface area contributed by atoms with Gasteiger partial charge in [-0.1, -0.05) is 0 Å². The predicted molar refractivity (Wildman–Crippen MR) is 118 cm³/mol. The Morgan fingerprint density at radius 3 is 2.94 bits per heavy atom. The van der Waals surface area contributed by atoms with Gasteiger partial charge in [-0.15, -0.1) is 0 Å². The van der Waals surface area contributed by atoms with E-state index in [1.54, 1.807) is 31.3 Å². The molecule has 0 saturated heterocycles. The topological polar surface area (TPSA) is 77.5 Å². The minimum absolute atomic E-state index is 0.000477. The van der Waals surface area contributed by atoms with Crippen molar-refractivity contribution >= 4 is 17.5 Å². The number of hydrogen-bond donors (Lipinski definition) is 1. The zero-order valence-electron chi connectivity index (χ0n) is 17.9. The zero-order valence-corrected chi connectivity index (χ0v) is 17.9. The van der Waals surface area contributed by atoms with Crippen molar-refractivity contribution in [2.45, 2.75) is 38.2 Å². The lowest BCUT2D eigenvalue weighted by atomic mass is 10.0. The Morgan fingerprint density at radius 1 is 1.21 bits per heavy atom. The van der Waals surface area contributed by atoms with Crippen molar-refractivity contribution in [3.63, 3.8) is 0 Å². The van der Waals surface area contributed by atoms with Crippen molar-refractivity contribution < 1.29 is 23.5 Å². The van der Waals surface area contributed by atoms with E-state index in [1.165, 1.54) is 6.07 Å². The van der Waals surface area contributed by atoms with Crippen LogP contribution in [0, 0.1) is 18.7 Å². The number of ketones is 1. The average Bonchev–Trinajstić information content (AvgIpc) is 3.32. The summed E-state index contributed by atoms with van der Waals surface area (Å²) in [6.07, 6.45) is 2.95. The van der Waals surface area contributed by atoms with E-state index in [-0.39, 0.29) is 35.4 Å². The molecule has 7 heteroatoms. The molecule has 2 aliphatic heterocycles. The highest BCUT2D eigenvalue weighted by Gasteiger charge is 2.59. The number of aryl methyl sites for hydroxylation is 1. The van der Waals surface area contributed by atoms with Crippen LogP contribution >= 0.6 is 0 Å². The number of anilines is 1. The highest BCUT2D eigenvalue weighted by Crippen LogP contribution is 2.60. The number of hydrogen-bond acceptors (Lipinski definition) is 5. The first kappa shape index (κ1) is 19.9. The van der Waals surface area contributed by atoms with E-state index in [0.717, 1.165) is 16.9 Å². The van der Waals surface area contributed by atoms with Gasteiger partial charge in [0.05, 0.1) is 0 Å². The minimum atomic E-state index is -0.308. The van der Waals surface area contributed by atoms with E-state index in [2.05, 4.69) is 10.3 Å². The monoisotopic (exact) mass is 444 g/mol. The van der Waals surface area contributed by atoms with Gasteiger partial charge in [0, 0.05) is 47.6 Å². The highest BCUT2D eigenvalue weighted by molar-refractivity contribution is 5.97. The van der Waals surface area contributed by atoms with Gasteiger partial charge in [0.1, 0.15) is 35.0 Å². The summed E-state index contributed by atoms with van der Waals surface area (Å²) in [6, 6.07) is 12.0. The molecular weight excluding hydrogens is 423 g/mol. The number of benzene rings is 2. The molecule has 1 fully saturated rings. The van der Waals surface area contributed by atoms with Gasteiger partial charge >= 0.3 is 0 Å². The molecule has 3 heterocycles. The maximum Gasteiger partial charge on any atom is 0.225 e. The number of nitrogens with one attached hydrogen (secondary N) is 1. The molecule has 1 saturated carbocycles. The first-order valence-corrected chi connectivity index (χ1v) is 11.0. The van der Waals surface area contributed by atoms with Gasteiger partial charge in [0.2, 0.25) is 5.91 Å². The quantitative estimate of drug-likeness (QED) is 0.563. The third-order valence-electron chi connectivity index (χ3n) is 6.70. The molecule has 0 radical (unpaired) electrons. The molecule has 33 heavy (non-hydrogen) atoms. The van der Waals surface area contributed by atoms with Crippen LogP contribution in [0.5, 0.6) is 17.2 Å². The number of halogens is 1. The maximum absolute atomic E-state index is 13.5. The van der Waals surface area contributed by atoms with Crippen molar-refractivity contribution in [3.05, 3.63) is 76.7 Å². The van der Waals surface area contributed by atoms with Crippen LogP contribution in [-0.2, 0) is 11.2 Å². The predicted octanol–water partition coefficient (Wildman–Crippen LogP) is 4.95. The lowest BCUT2D eigenvalue weighted by Crippen LogP contribution is -2.20. The van der Waals surface area contributed by atoms with E-state index in [4.69, 9.17) is 9.47 Å². The third-order valence-corrected chi connectivity index (χ3v) is 6.70. The van der Waals surface area contributed by atoms with Gasteiger partial charge in [0.25, 0.3) is 0 Å². The molecule has 0 bridgehead atoms. The summed E-state index contributed by atoms with van der Waals surface area (Å²) in [5, 5.41) is 2.78. The van der Waals surface area contributed by atoms with Crippen molar-refractivity contribution in [2.24, 2.45) is 5.92 Å². The van der Waals surface area contributed by atoms with Crippen LogP contribution < -0.4 is 14.8 Å². The number of aromatic nitrogens is 1. The molecule has 2 aromatic carbocycles. The molecule has 1 aliphatic carbocycles. The summed E-state index contributed by atoms with van der Waals surface area (Å²) < 4.78 is 25.7. The Balaban J connectivity index is 1.19. The van der Waals surface area contributed by atoms with Crippen LogP contribution in [0.15, 0.2) is 48.7 Å². The number of fused-ring (bicyclic) bond motifs is 4. The number of ether oxygens (including phenoxy) is 2. The molecule has 166 valence electrons. The number of nitrogens with zero attached hydrogens (tertiary/aromatic N) is 1. The molecule has 3 aromatic rings. The van der Waals surface area contributed by atoms with Gasteiger partial charge in [-0.2, -0.15) is 0 Å². The van der Waals surface area contributed by atoms with Gasteiger partial charge < -0.3 is 14.8 Å². The molecule has 0 unspecified atom stereocenters. The fourth-order valence-corrected chi connectivity index (χ4v) is 4.89. The van der Waals surface area contributed by atoms with E-state index >= 15 is 0 Å². The summed E-state index contributed by atoms with van der Waals surface area (Å²) in [5.74, 6) is 2.62. The molecule has 1 N–H and O–H groups in total. The minimum Gasteiger partial charge on any atom is -0.489 e. The van der Waals surface area contributed by atoms with Gasteiger partial charge in [-0.25, -0.2) is 9.37 Å². The van der Waals surface area contributed by atoms with Crippen LogP contribution in [0.25, 0.3) is 0 Å². The standard InChI is InChI=1S/C26H21FN2O4/c1-13-10-14(2-5-19(13)27)20(30)12-18-24-17-11-15(3-6-21(17)33-25(18)24)32-22-8-9-28-26-16(22)4-7-23(31)29-26/h2-3,5-6,8-11,18,24-25H,4,7,12H2,1H3,(H,28,29,31)/t18-,24-,25+/m0/s1. The molecule has 3 aliphatic rings. The Kier molecular flexibility index (Phi) is 4.47. The van der Waals surface area contributed by atoms with Crippen molar-refractivity contribution in [2.75, 3.05) is 5.32 Å². The number of pyridine rings is 1. The second-order valence-corrected chi connectivity index (χ2v) is 8.85. The SMILES string of the molecule is Cc1cc(C(=O)C[C@@H]2[C@H]3Oc4ccc(Oc5ccnc6c5CCC(=O)N6)cc4[C@@H]23)ccc1F. The Hall–Kier alpha value is -3.74. The summed E-state index contributed by atoms with van der Waals surface area (Å²) in [5.41, 5.74) is 2.93. The van der Waals surface area contributed by atoms with Crippen LogP contribution in [0.3, 0.4) is 0 Å². The number of carbonyl (C=O) groups is 2. The van der Waals surface area contributed by atoms with E-state index < -0.39 is 0 Å². The zero-order chi connectivity index (χ0) is 22.7. The van der Waals surface area contributed by atoms with Crippen LogP contribution in [0.1, 0.15) is 45.8 Å². The lowest BCUT2D eigenvalue weighted by molar-refractivity contribution is -0.116. The fourth-order valence-electron chi connectivity index (χ4n) is 4.89. The van der Waals surface area contributed by atoms with E-state index in [9.17, 15) is 14.0 Å². The Morgan fingerprint density at radius 2 is 2.09 bits per heavy atom. The molecule has 1 aromatic heterocycles. The highest BCUT2D eigenvalue weighted by atomic mass is 19.1. The molecule has 6 rings (SSSR count). The van der Waals surface area contributed by atoms with Crippen LogP contribution in [-0.4, -0.2) is 22.8 Å². The second kappa shape index (κ2) is 7.40. The largest absolute Gasteiger partial charge is 0.489 e. The molecule has 6 nitrogen and oxygen atoms in total. The number of amides is 1. The fraction of sp³-hybridized carbons (Fsp3) is 0.269. The summed E-state index contributed by atoms with van der Waals surface area (Å²) in [4.78, 5) is 28.6. The van der Waals surface area contributed by atoms with Crippen molar-refractivity contribution in [3.8, 4) is 17.2 Å². The number of Topliss-reactive ketones (excluding diaryl/α,β-unsaturated/α-hetero) is 1. The van der Waals surface area contributed by atoms with Gasteiger partial charge in [0.15, 0.2) is 5.78 Å². The lowest BCUT2D eigenvalue weighted by Gasteiger charge is -2.19. The van der Waals surface area contributed by atoms with Crippen molar-refractivity contribution in [1.82, 2.24) is 4.98 Å². The smallest absolute Gasteiger partial charge is 0.225 e. The molecule has 1 amide bonds. The first-order valence-electron chi connectivity index (χ1n) is 11.0. The number of rotatable bonds is 5. The third kappa shape index (κ3) is 3.44. The Labute approximate surface area is 189 Å². The first-order chi connectivity index (χ1) is 16.0. The summed E-state index contributed by atoms with van der Waals surface area (Å²) >= 11 is 0.